The number of para-hydroxylation sites is 2. The van der Waals surface area contributed by atoms with Gasteiger partial charge in [0.15, 0.2) is 0 Å². The van der Waals surface area contributed by atoms with Crippen LogP contribution < -0.4 is 9.64 Å². The van der Waals surface area contributed by atoms with E-state index in [0.717, 1.165) is 12.0 Å². The van der Waals surface area contributed by atoms with Crippen molar-refractivity contribution in [1.82, 2.24) is 0 Å². The van der Waals surface area contributed by atoms with Gasteiger partial charge in [0.1, 0.15) is 12.0 Å². The van der Waals surface area contributed by atoms with Crippen LogP contribution in [0.15, 0.2) is 24.3 Å². The van der Waals surface area contributed by atoms with E-state index in [1.165, 1.54) is 0 Å². The van der Waals surface area contributed by atoms with Gasteiger partial charge in [0.2, 0.25) is 0 Å². The van der Waals surface area contributed by atoms with Crippen LogP contribution >= 0.6 is 23.2 Å². The van der Waals surface area contributed by atoms with Crippen molar-refractivity contribution >= 4 is 35.2 Å². The predicted molar refractivity (Wildman–Crippen MR) is 64.4 cm³/mol. The van der Waals surface area contributed by atoms with E-state index < -0.39 is 4.52 Å². The van der Waals surface area contributed by atoms with Crippen molar-refractivity contribution in [2.45, 2.75) is 17.5 Å². The number of anilines is 1. The lowest BCUT2D eigenvalue weighted by atomic mass is 10.1. The highest BCUT2D eigenvalue weighted by Gasteiger charge is 2.43. The summed E-state index contributed by atoms with van der Waals surface area (Å²) in [5.41, 5.74) is 0.832. The Labute approximate surface area is 104 Å². The number of benzene rings is 1. The molecule has 16 heavy (non-hydrogen) atoms. The van der Waals surface area contributed by atoms with Crippen LogP contribution in [0.1, 0.15) is 6.92 Å². The smallest absolute Gasteiger partial charge is 0.278 e. The minimum absolute atomic E-state index is 0.239. The minimum Gasteiger partial charge on any atom is -0.454 e. The first kappa shape index (κ1) is 11.6. The maximum absolute atomic E-state index is 10.7. The third kappa shape index (κ3) is 1.85. The van der Waals surface area contributed by atoms with Crippen molar-refractivity contribution in [2.75, 3.05) is 11.4 Å². The number of carbonyl (C=O) groups excluding carboxylic acids is 1. The highest BCUT2D eigenvalue weighted by atomic mass is 35.5. The van der Waals surface area contributed by atoms with E-state index >= 15 is 0 Å². The summed E-state index contributed by atoms with van der Waals surface area (Å²) in [5.74, 6) is 0.590. The highest BCUT2D eigenvalue weighted by molar-refractivity contribution is 6.48. The summed E-state index contributed by atoms with van der Waals surface area (Å²) < 4.78 is 4.15. The average Bonchev–Trinajstić information content (AvgIpc) is 2.24. The molecule has 86 valence electrons. The predicted octanol–water partition coefficient (Wildman–Crippen LogP) is 2.60. The monoisotopic (exact) mass is 259 g/mol. The number of rotatable bonds is 2. The molecule has 0 saturated heterocycles. The molecule has 0 amide bonds. The molecule has 3 nitrogen and oxygen atoms in total. The first-order chi connectivity index (χ1) is 7.56. The second-order valence-electron chi connectivity index (χ2n) is 3.63. The molecule has 0 N–H and O–H groups in total. The molecule has 0 saturated carbocycles. The SMILES string of the molecule is CC1N(CC=O)c2ccccc2OC1(Cl)Cl. The number of aldehydes is 1. The first-order valence-electron chi connectivity index (χ1n) is 4.92. The molecule has 1 heterocycles. The molecule has 1 unspecified atom stereocenters. The Morgan fingerprint density at radius 3 is 2.88 bits per heavy atom. The zero-order valence-corrected chi connectivity index (χ0v) is 10.2. The van der Waals surface area contributed by atoms with Gasteiger partial charge in [-0.15, -0.1) is 0 Å². The maximum Gasteiger partial charge on any atom is 0.278 e. The van der Waals surface area contributed by atoms with Gasteiger partial charge in [0.05, 0.1) is 18.3 Å². The number of ether oxygens (including phenoxy) is 1. The molecule has 5 heteroatoms. The van der Waals surface area contributed by atoms with Crippen LogP contribution in [0.3, 0.4) is 0 Å². The number of carbonyl (C=O) groups is 1. The molecule has 0 spiro atoms. The van der Waals surface area contributed by atoms with Crippen molar-refractivity contribution in [2.24, 2.45) is 0 Å². The van der Waals surface area contributed by atoms with Crippen molar-refractivity contribution in [3.05, 3.63) is 24.3 Å². The van der Waals surface area contributed by atoms with E-state index in [1.54, 1.807) is 6.07 Å². The van der Waals surface area contributed by atoms with E-state index in [4.69, 9.17) is 27.9 Å². The molecule has 1 aromatic carbocycles. The van der Waals surface area contributed by atoms with Crippen LogP contribution in [0.2, 0.25) is 0 Å². The lowest BCUT2D eigenvalue weighted by Crippen LogP contribution is -2.52. The Hall–Kier alpha value is -0.930. The van der Waals surface area contributed by atoms with Gasteiger partial charge in [-0.25, -0.2) is 0 Å². The molecule has 0 aromatic heterocycles. The fourth-order valence-electron chi connectivity index (χ4n) is 1.74. The van der Waals surface area contributed by atoms with Gasteiger partial charge in [-0.2, -0.15) is 0 Å². The number of hydrogen-bond donors (Lipinski definition) is 0. The molecule has 1 aliphatic rings. The van der Waals surface area contributed by atoms with E-state index in [2.05, 4.69) is 0 Å². The van der Waals surface area contributed by atoms with E-state index in [0.29, 0.717) is 5.75 Å². The van der Waals surface area contributed by atoms with Crippen LogP contribution in [0, 0.1) is 0 Å². The normalized spacial score (nSPS) is 22.2. The fraction of sp³-hybridized carbons (Fsp3) is 0.364. The second-order valence-corrected chi connectivity index (χ2v) is 4.94. The van der Waals surface area contributed by atoms with Crippen molar-refractivity contribution in [3.8, 4) is 5.75 Å². The van der Waals surface area contributed by atoms with E-state index in [9.17, 15) is 4.79 Å². The fourth-order valence-corrected chi connectivity index (χ4v) is 2.14. The largest absolute Gasteiger partial charge is 0.454 e. The standard InChI is InChI=1S/C11H11Cl2NO2/c1-8-11(12,13)16-10-5-3-2-4-9(10)14(8)6-7-15/h2-5,7-8H,6H2,1H3. The number of halogens is 2. The molecule has 0 fully saturated rings. The van der Waals surface area contributed by atoms with Crippen LogP contribution in [-0.2, 0) is 4.79 Å². The lowest BCUT2D eigenvalue weighted by molar-refractivity contribution is -0.106. The molecular weight excluding hydrogens is 249 g/mol. The average molecular weight is 260 g/mol. The van der Waals surface area contributed by atoms with Gasteiger partial charge in [-0.1, -0.05) is 35.3 Å². The van der Waals surface area contributed by atoms with Crippen LogP contribution in [-0.4, -0.2) is 23.4 Å². The molecule has 0 radical (unpaired) electrons. The van der Waals surface area contributed by atoms with Crippen molar-refractivity contribution in [3.63, 3.8) is 0 Å². The minimum atomic E-state index is -1.34. The molecule has 1 aliphatic heterocycles. The van der Waals surface area contributed by atoms with Crippen LogP contribution in [0.5, 0.6) is 5.75 Å². The van der Waals surface area contributed by atoms with Crippen molar-refractivity contribution < 1.29 is 9.53 Å². The van der Waals surface area contributed by atoms with Gasteiger partial charge in [0, 0.05) is 0 Å². The Bertz CT molecular complexity index is 409. The maximum atomic E-state index is 10.7. The van der Waals surface area contributed by atoms with Crippen LogP contribution in [0.25, 0.3) is 0 Å². The number of hydrogen-bond acceptors (Lipinski definition) is 3. The third-order valence-corrected chi connectivity index (χ3v) is 3.43. The van der Waals surface area contributed by atoms with E-state index in [1.807, 2.05) is 30.0 Å². The Morgan fingerprint density at radius 2 is 2.19 bits per heavy atom. The Balaban J connectivity index is 2.46. The molecule has 0 aliphatic carbocycles. The second kappa shape index (κ2) is 4.15. The lowest BCUT2D eigenvalue weighted by Gasteiger charge is -2.42. The summed E-state index contributed by atoms with van der Waals surface area (Å²) in [6.45, 7) is 2.06. The van der Waals surface area contributed by atoms with Gasteiger partial charge in [0.25, 0.3) is 4.52 Å². The Kier molecular flexibility index (Phi) is 3.00. The number of nitrogens with zero attached hydrogens (tertiary/aromatic N) is 1. The zero-order chi connectivity index (χ0) is 11.8. The van der Waals surface area contributed by atoms with Crippen LogP contribution in [0.4, 0.5) is 5.69 Å². The van der Waals surface area contributed by atoms with Crippen molar-refractivity contribution in [1.29, 1.82) is 0 Å². The molecular formula is C11H11Cl2NO2. The summed E-state index contributed by atoms with van der Waals surface area (Å²) in [7, 11) is 0. The molecule has 1 atom stereocenters. The summed E-state index contributed by atoms with van der Waals surface area (Å²) in [6.07, 6.45) is 0.822. The quantitative estimate of drug-likeness (QED) is 0.604. The number of fused-ring (bicyclic) bond motifs is 1. The summed E-state index contributed by atoms with van der Waals surface area (Å²) >= 11 is 12.1. The highest BCUT2D eigenvalue weighted by Crippen LogP contribution is 2.43. The van der Waals surface area contributed by atoms with E-state index in [-0.39, 0.29) is 12.6 Å². The van der Waals surface area contributed by atoms with Gasteiger partial charge in [-0.05, 0) is 19.1 Å². The Morgan fingerprint density at radius 1 is 1.50 bits per heavy atom. The summed E-state index contributed by atoms with van der Waals surface area (Å²) in [5, 5.41) is 0. The molecule has 0 bridgehead atoms. The molecule has 1 aromatic rings. The van der Waals surface area contributed by atoms with Gasteiger partial charge >= 0.3 is 0 Å². The molecule has 2 rings (SSSR count). The third-order valence-electron chi connectivity index (χ3n) is 2.65. The summed E-state index contributed by atoms with van der Waals surface area (Å²) in [6, 6.07) is 7.06. The first-order valence-corrected chi connectivity index (χ1v) is 5.68. The zero-order valence-electron chi connectivity index (χ0n) is 8.69. The van der Waals surface area contributed by atoms with Gasteiger partial charge in [-0.3, -0.25) is 0 Å². The number of alkyl halides is 2. The summed E-state index contributed by atoms with van der Waals surface area (Å²) in [4.78, 5) is 12.5. The topological polar surface area (TPSA) is 29.5 Å². The van der Waals surface area contributed by atoms with Gasteiger partial charge < -0.3 is 14.4 Å².